The number of aromatic nitrogens is 3. The summed E-state index contributed by atoms with van der Waals surface area (Å²) in [5.74, 6) is 0.0260. The molecule has 118 valence electrons. The molecule has 1 aliphatic heterocycles. The molecule has 1 unspecified atom stereocenters. The molecule has 2 aromatic rings. The van der Waals surface area contributed by atoms with Crippen molar-refractivity contribution in [2.75, 3.05) is 19.7 Å². The number of H-pyrrole nitrogens is 1. The van der Waals surface area contributed by atoms with Crippen LogP contribution in [0.5, 0.6) is 0 Å². The van der Waals surface area contributed by atoms with Crippen LogP contribution >= 0.6 is 0 Å². The minimum absolute atomic E-state index is 0.0549. The van der Waals surface area contributed by atoms with Crippen molar-refractivity contribution in [3.63, 3.8) is 0 Å². The van der Waals surface area contributed by atoms with Gasteiger partial charge in [0.15, 0.2) is 5.82 Å². The van der Waals surface area contributed by atoms with Gasteiger partial charge in [0.05, 0.1) is 18.7 Å². The van der Waals surface area contributed by atoms with Crippen LogP contribution in [0, 0.1) is 24.1 Å². The van der Waals surface area contributed by atoms with Crippen molar-refractivity contribution < 1.29 is 13.9 Å². The van der Waals surface area contributed by atoms with Crippen molar-refractivity contribution >= 4 is 5.91 Å². The van der Waals surface area contributed by atoms with Crippen LogP contribution in [0.4, 0.5) is 4.39 Å². The van der Waals surface area contributed by atoms with Gasteiger partial charge in [-0.25, -0.2) is 9.37 Å². The van der Waals surface area contributed by atoms with E-state index in [0.717, 1.165) is 6.07 Å². The van der Waals surface area contributed by atoms with Gasteiger partial charge in [-0.1, -0.05) is 6.07 Å². The lowest BCUT2D eigenvalue weighted by Gasteiger charge is -2.31. The quantitative estimate of drug-likeness (QED) is 0.902. The number of nitrogens with zero attached hydrogens (tertiary/aromatic N) is 4. The largest absolute Gasteiger partial charge is 0.366 e. The number of hydrogen-bond donors (Lipinski definition) is 1. The predicted molar refractivity (Wildman–Crippen MR) is 76.8 cm³/mol. The van der Waals surface area contributed by atoms with Crippen molar-refractivity contribution in [3.05, 3.63) is 46.8 Å². The molecule has 0 bridgehead atoms. The molecule has 8 heteroatoms. The van der Waals surface area contributed by atoms with Crippen LogP contribution in [-0.2, 0) is 4.74 Å². The SMILES string of the molecule is Cc1nc(C2CN(C(=O)c3cccc(F)c3C#N)CCO2)n[nH]1. The third-order valence-electron chi connectivity index (χ3n) is 3.61. The Hall–Kier alpha value is -2.79. The second-order valence-corrected chi connectivity index (χ2v) is 5.16. The minimum atomic E-state index is -0.701. The maximum Gasteiger partial charge on any atom is 0.255 e. The fraction of sp³-hybridized carbons (Fsp3) is 0.333. The van der Waals surface area contributed by atoms with E-state index in [-0.39, 0.29) is 17.7 Å². The van der Waals surface area contributed by atoms with E-state index in [2.05, 4.69) is 15.2 Å². The van der Waals surface area contributed by atoms with E-state index in [4.69, 9.17) is 10.00 Å². The molecule has 1 aromatic carbocycles. The zero-order valence-corrected chi connectivity index (χ0v) is 12.4. The lowest BCUT2D eigenvalue weighted by atomic mass is 10.1. The summed E-state index contributed by atoms with van der Waals surface area (Å²) in [6.07, 6.45) is -0.447. The molecular formula is C15H14FN5O2. The van der Waals surface area contributed by atoms with Gasteiger partial charge in [0.2, 0.25) is 0 Å². The number of morpholine rings is 1. The van der Waals surface area contributed by atoms with Gasteiger partial charge in [-0.3, -0.25) is 9.89 Å². The first-order chi connectivity index (χ1) is 11.1. The highest BCUT2D eigenvalue weighted by Gasteiger charge is 2.30. The lowest BCUT2D eigenvalue weighted by Crippen LogP contribution is -2.42. The fourth-order valence-electron chi connectivity index (χ4n) is 2.48. The number of hydrogen-bond acceptors (Lipinski definition) is 5. The third-order valence-corrected chi connectivity index (χ3v) is 3.61. The first-order valence-electron chi connectivity index (χ1n) is 7.08. The van der Waals surface area contributed by atoms with Gasteiger partial charge in [-0.2, -0.15) is 10.4 Å². The van der Waals surface area contributed by atoms with Gasteiger partial charge in [0, 0.05) is 6.54 Å². The monoisotopic (exact) mass is 315 g/mol. The lowest BCUT2D eigenvalue weighted by molar-refractivity contribution is -0.0267. The number of carbonyl (C=O) groups is 1. The molecule has 3 rings (SSSR count). The number of aromatic amines is 1. The summed E-state index contributed by atoms with van der Waals surface area (Å²) >= 11 is 0. The van der Waals surface area contributed by atoms with E-state index in [1.807, 2.05) is 0 Å². The highest BCUT2D eigenvalue weighted by atomic mass is 19.1. The number of halogens is 1. The molecule has 0 spiro atoms. The van der Waals surface area contributed by atoms with Gasteiger partial charge in [-0.05, 0) is 19.1 Å². The first-order valence-corrected chi connectivity index (χ1v) is 7.08. The molecule has 0 radical (unpaired) electrons. The number of amides is 1. The van der Waals surface area contributed by atoms with Gasteiger partial charge in [0.25, 0.3) is 5.91 Å². The number of rotatable bonds is 2. The highest BCUT2D eigenvalue weighted by molar-refractivity contribution is 5.96. The Morgan fingerprint density at radius 1 is 1.57 bits per heavy atom. The van der Waals surface area contributed by atoms with Crippen LogP contribution in [0.25, 0.3) is 0 Å². The van der Waals surface area contributed by atoms with Crippen LogP contribution in [0.2, 0.25) is 0 Å². The molecule has 1 saturated heterocycles. The maximum atomic E-state index is 13.7. The van der Waals surface area contributed by atoms with E-state index in [1.54, 1.807) is 13.0 Å². The second kappa shape index (κ2) is 6.14. The Balaban J connectivity index is 1.83. The van der Waals surface area contributed by atoms with Gasteiger partial charge in [0.1, 0.15) is 29.4 Å². The van der Waals surface area contributed by atoms with Crippen LogP contribution in [0.3, 0.4) is 0 Å². The molecule has 1 aliphatic rings. The van der Waals surface area contributed by atoms with Crippen molar-refractivity contribution in [1.29, 1.82) is 5.26 Å². The zero-order valence-electron chi connectivity index (χ0n) is 12.4. The van der Waals surface area contributed by atoms with Crippen LogP contribution in [-0.4, -0.2) is 45.7 Å². The predicted octanol–water partition coefficient (Wildman–Crippen LogP) is 1.34. The summed E-state index contributed by atoms with van der Waals surface area (Å²) in [7, 11) is 0. The van der Waals surface area contributed by atoms with Crippen molar-refractivity contribution in [2.45, 2.75) is 13.0 Å². The Bertz CT molecular complexity index is 782. The van der Waals surface area contributed by atoms with Gasteiger partial charge in [-0.15, -0.1) is 0 Å². The summed E-state index contributed by atoms with van der Waals surface area (Å²) in [4.78, 5) is 18.3. The van der Waals surface area contributed by atoms with Crippen molar-refractivity contribution in [1.82, 2.24) is 20.1 Å². The number of nitriles is 1. The third kappa shape index (κ3) is 2.91. The normalized spacial score (nSPS) is 17.8. The Kier molecular flexibility index (Phi) is 4.04. The Morgan fingerprint density at radius 2 is 2.39 bits per heavy atom. The number of ether oxygens (including phenoxy) is 1. The summed E-state index contributed by atoms with van der Waals surface area (Å²) in [5, 5.41) is 15.8. The summed E-state index contributed by atoms with van der Waals surface area (Å²) in [6.45, 7) is 2.70. The van der Waals surface area contributed by atoms with Gasteiger partial charge < -0.3 is 9.64 Å². The van der Waals surface area contributed by atoms with Crippen molar-refractivity contribution in [3.8, 4) is 6.07 Å². The topological polar surface area (TPSA) is 94.9 Å². The number of nitrogens with one attached hydrogen (secondary N) is 1. The fourth-order valence-corrected chi connectivity index (χ4v) is 2.48. The smallest absolute Gasteiger partial charge is 0.255 e. The number of carbonyl (C=O) groups excluding carboxylic acids is 1. The van der Waals surface area contributed by atoms with E-state index in [9.17, 15) is 9.18 Å². The maximum absolute atomic E-state index is 13.7. The summed E-state index contributed by atoms with van der Waals surface area (Å²) in [5.41, 5.74) is -0.186. The average Bonchev–Trinajstić information content (AvgIpc) is 3.00. The average molecular weight is 315 g/mol. The van der Waals surface area contributed by atoms with E-state index < -0.39 is 17.8 Å². The number of aryl methyl sites for hydroxylation is 1. The van der Waals surface area contributed by atoms with Crippen LogP contribution in [0.15, 0.2) is 18.2 Å². The Labute approximate surface area is 131 Å². The molecule has 7 nitrogen and oxygen atoms in total. The molecule has 1 amide bonds. The second-order valence-electron chi connectivity index (χ2n) is 5.16. The zero-order chi connectivity index (χ0) is 16.4. The molecule has 2 heterocycles. The molecular weight excluding hydrogens is 301 g/mol. The molecule has 1 fully saturated rings. The molecule has 0 aliphatic carbocycles. The minimum Gasteiger partial charge on any atom is -0.366 e. The standard InChI is InChI=1S/C15H14FN5O2/c1-9-18-14(20-19-9)13-8-21(5-6-23-13)15(22)10-3-2-4-12(16)11(10)7-17/h2-4,13H,5-6,8H2,1H3,(H,18,19,20). The molecule has 1 atom stereocenters. The van der Waals surface area contributed by atoms with Crippen molar-refractivity contribution in [2.24, 2.45) is 0 Å². The molecule has 0 saturated carbocycles. The molecule has 1 aromatic heterocycles. The summed E-state index contributed by atoms with van der Waals surface area (Å²) < 4.78 is 19.3. The van der Waals surface area contributed by atoms with Gasteiger partial charge >= 0.3 is 0 Å². The number of benzene rings is 1. The first kappa shape index (κ1) is 15.1. The highest BCUT2D eigenvalue weighted by Crippen LogP contribution is 2.22. The van der Waals surface area contributed by atoms with Crippen LogP contribution < -0.4 is 0 Å². The summed E-state index contributed by atoms with van der Waals surface area (Å²) in [6, 6.07) is 5.77. The van der Waals surface area contributed by atoms with E-state index >= 15 is 0 Å². The van der Waals surface area contributed by atoms with E-state index in [1.165, 1.54) is 17.0 Å². The van der Waals surface area contributed by atoms with E-state index in [0.29, 0.717) is 24.8 Å². The Morgan fingerprint density at radius 3 is 3.09 bits per heavy atom. The van der Waals surface area contributed by atoms with Crippen LogP contribution in [0.1, 0.15) is 33.7 Å². The molecule has 23 heavy (non-hydrogen) atoms. The molecule has 1 N–H and O–H groups in total.